The van der Waals surface area contributed by atoms with E-state index < -0.39 is 5.97 Å². The molecule has 1 aromatic rings. The molecule has 0 saturated heterocycles. The van der Waals surface area contributed by atoms with Gasteiger partial charge in [0.2, 0.25) is 0 Å². The van der Waals surface area contributed by atoms with Crippen molar-refractivity contribution >= 4 is 17.7 Å². The quantitative estimate of drug-likeness (QED) is 0.523. The molecule has 1 aromatic heterocycles. The third-order valence-corrected chi connectivity index (χ3v) is 3.21. The summed E-state index contributed by atoms with van der Waals surface area (Å²) in [4.78, 5) is 14.5. The Morgan fingerprint density at radius 3 is 2.81 bits per heavy atom. The number of carboxylic acids is 1. The number of rotatable bonds is 5. The van der Waals surface area contributed by atoms with Crippen LogP contribution in [0.15, 0.2) is 11.5 Å². The predicted octanol–water partition coefficient (Wildman–Crippen LogP) is -1.28. The van der Waals surface area contributed by atoms with E-state index in [2.05, 4.69) is 17.0 Å². The normalized spacial score (nSPS) is 10.9. The molecule has 0 saturated carbocycles. The maximum Gasteiger partial charge on any atom is 1.00 e. The topological polar surface area (TPSA) is 68.0 Å². The molecule has 0 amide bonds. The van der Waals surface area contributed by atoms with Gasteiger partial charge in [-0.05, 0) is 20.3 Å². The van der Waals surface area contributed by atoms with Crippen LogP contribution in [0.25, 0.3) is 0 Å². The number of carboxylic acid groups (broad SMARTS) is 1. The molecular weight excluding hydrogens is 237 g/mol. The monoisotopic (exact) mass is 253 g/mol. The molecule has 1 N–H and O–H groups in total. The van der Waals surface area contributed by atoms with Gasteiger partial charge in [0, 0.05) is 0 Å². The second kappa shape index (κ2) is 6.64. The summed E-state index contributed by atoms with van der Waals surface area (Å²) in [6, 6.07) is 0. The molecule has 1 heterocycles. The Hall–Kier alpha value is -0.0400. The Bertz CT molecular complexity index is 360. The van der Waals surface area contributed by atoms with Gasteiger partial charge in [-0.25, -0.2) is 9.67 Å². The number of aromatic nitrogens is 3. The molecule has 0 bridgehead atoms. The van der Waals surface area contributed by atoms with Gasteiger partial charge in [-0.1, -0.05) is 18.7 Å². The first-order valence-corrected chi connectivity index (χ1v) is 5.71. The van der Waals surface area contributed by atoms with Gasteiger partial charge in [-0.2, -0.15) is 5.10 Å². The summed E-state index contributed by atoms with van der Waals surface area (Å²) in [7, 11) is 0. The van der Waals surface area contributed by atoms with Crippen LogP contribution in [0.5, 0.6) is 0 Å². The van der Waals surface area contributed by atoms with E-state index in [9.17, 15) is 4.79 Å². The molecule has 0 aliphatic heterocycles. The second-order valence-electron chi connectivity index (χ2n) is 3.80. The van der Waals surface area contributed by atoms with E-state index in [1.807, 2.05) is 13.8 Å². The molecule has 0 spiro atoms. The van der Waals surface area contributed by atoms with E-state index in [0.29, 0.717) is 5.16 Å². The number of aliphatic carboxylic acids is 1. The van der Waals surface area contributed by atoms with Gasteiger partial charge in [0.05, 0.1) is 11.3 Å². The van der Waals surface area contributed by atoms with Crippen molar-refractivity contribution < 1.29 is 40.9 Å². The van der Waals surface area contributed by atoms with E-state index in [1.165, 1.54) is 18.1 Å². The van der Waals surface area contributed by atoms with Crippen molar-refractivity contribution in [1.82, 2.24) is 14.8 Å². The number of thioether (sulfide) groups is 1. The smallest absolute Gasteiger partial charge is 1.00 e. The van der Waals surface area contributed by atoms with E-state index >= 15 is 0 Å². The van der Waals surface area contributed by atoms with E-state index in [1.54, 1.807) is 4.68 Å². The molecule has 1 rings (SSSR count). The SMILES string of the molecule is CCC(C)(C)n1ncnc1SCC(=O)O.[H-].[Na+]. The van der Waals surface area contributed by atoms with Crippen molar-refractivity contribution in [3.05, 3.63) is 6.33 Å². The van der Waals surface area contributed by atoms with Gasteiger partial charge in [0.15, 0.2) is 5.16 Å². The summed E-state index contributed by atoms with van der Waals surface area (Å²) in [6.07, 6.45) is 2.37. The van der Waals surface area contributed by atoms with Crippen LogP contribution in [0.4, 0.5) is 0 Å². The van der Waals surface area contributed by atoms with Crippen LogP contribution in [-0.2, 0) is 10.3 Å². The number of carbonyl (C=O) groups is 1. The fourth-order valence-electron chi connectivity index (χ4n) is 1.02. The standard InChI is InChI=1S/C9H15N3O2S.Na.H/c1-4-9(2,3)12-8(10-6-11-12)15-5-7(13)14;;/h6H,4-5H2,1-3H3,(H,13,14);;/q;+1;-1. The van der Waals surface area contributed by atoms with Gasteiger partial charge in [0.1, 0.15) is 6.33 Å². The molecule has 0 aromatic carbocycles. The number of hydrogen-bond donors (Lipinski definition) is 1. The summed E-state index contributed by atoms with van der Waals surface area (Å²) in [5, 5.41) is 13.4. The van der Waals surface area contributed by atoms with Crippen LogP contribution in [-0.4, -0.2) is 31.6 Å². The van der Waals surface area contributed by atoms with Crippen molar-refractivity contribution in [1.29, 1.82) is 0 Å². The summed E-state index contributed by atoms with van der Waals surface area (Å²) in [5.41, 5.74) is -0.128. The summed E-state index contributed by atoms with van der Waals surface area (Å²) in [6.45, 7) is 6.16. The van der Waals surface area contributed by atoms with E-state index in [4.69, 9.17) is 5.11 Å². The van der Waals surface area contributed by atoms with Gasteiger partial charge < -0.3 is 6.53 Å². The Morgan fingerprint density at radius 1 is 1.69 bits per heavy atom. The molecular formula is C9H16N3NaO2S. The second-order valence-corrected chi connectivity index (χ2v) is 4.75. The maximum absolute atomic E-state index is 10.4. The fourth-order valence-corrected chi connectivity index (χ4v) is 1.81. The summed E-state index contributed by atoms with van der Waals surface area (Å²) < 4.78 is 1.78. The molecule has 0 atom stereocenters. The number of nitrogens with zero attached hydrogens (tertiary/aromatic N) is 3. The first-order chi connectivity index (χ1) is 6.97. The van der Waals surface area contributed by atoms with Crippen molar-refractivity contribution in [2.45, 2.75) is 37.9 Å². The third-order valence-electron chi connectivity index (χ3n) is 2.28. The van der Waals surface area contributed by atoms with Gasteiger partial charge >= 0.3 is 35.5 Å². The first kappa shape index (κ1) is 16.0. The average molecular weight is 253 g/mol. The van der Waals surface area contributed by atoms with E-state index in [0.717, 1.165) is 6.42 Å². The molecule has 16 heavy (non-hydrogen) atoms. The number of hydrogen-bond acceptors (Lipinski definition) is 4. The van der Waals surface area contributed by atoms with Crippen molar-refractivity contribution in [2.24, 2.45) is 0 Å². The minimum absolute atomic E-state index is 0. The zero-order chi connectivity index (χ0) is 11.5. The average Bonchev–Trinajstić information content (AvgIpc) is 2.63. The van der Waals surface area contributed by atoms with Crippen LogP contribution in [0, 0.1) is 0 Å². The van der Waals surface area contributed by atoms with Crippen molar-refractivity contribution in [3.63, 3.8) is 0 Å². The first-order valence-electron chi connectivity index (χ1n) is 4.72. The van der Waals surface area contributed by atoms with Crippen LogP contribution in [0.1, 0.15) is 28.6 Å². The van der Waals surface area contributed by atoms with Crippen molar-refractivity contribution in [2.75, 3.05) is 5.75 Å². The van der Waals surface area contributed by atoms with Crippen LogP contribution < -0.4 is 29.6 Å². The minimum Gasteiger partial charge on any atom is -1.00 e. The van der Waals surface area contributed by atoms with Gasteiger partial charge in [-0.3, -0.25) is 4.79 Å². The molecule has 0 unspecified atom stereocenters. The van der Waals surface area contributed by atoms with Gasteiger partial charge in [0.25, 0.3) is 0 Å². The molecule has 5 nitrogen and oxygen atoms in total. The Kier molecular flexibility index (Phi) is 6.62. The van der Waals surface area contributed by atoms with Crippen LogP contribution in [0.2, 0.25) is 0 Å². The molecule has 0 fully saturated rings. The van der Waals surface area contributed by atoms with E-state index in [-0.39, 0.29) is 42.3 Å². The van der Waals surface area contributed by atoms with Crippen LogP contribution in [0.3, 0.4) is 0 Å². The zero-order valence-corrected chi connectivity index (χ0v) is 12.9. The predicted molar refractivity (Wildman–Crippen MR) is 59.1 cm³/mol. The summed E-state index contributed by atoms with van der Waals surface area (Å²) >= 11 is 1.19. The third kappa shape index (κ3) is 4.08. The zero-order valence-electron chi connectivity index (χ0n) is 11.1. The van der Waals surface area contributed by atoms with Crippen LogP contribution >= 0.6 is 11.8 Å². The molecule has 86 valence electrons. The molecule has 7 heteroatoms. The maximum atomic E-state index is 10.4. The molecule has 0 aliphatic carbocycles. The minimum atomic E-state index is -0.844. The Morgan fingerprint density at radius 2 is 2.31 bits per heavy atom. The molecule has 0 aliphatic rings. The summed E-state index contributed by atoms with van der Waals surface area (Å²) in [5.74, 6) is -0.831. The largest absolute Gasteiger partial charge is 1.00 e. The Balaban J connectivity index is 0. The van der Waals surface area contributed by atoms with Crippen molar-refractivity contribution in [3.8, 4) is 0 Å². The molecule has 0 radical (unpaired) electrons. The Labute approximate surface area is 123 Å². The van der Waals surface area contributed by atoms with Gasteiger partial charge in [-0.15, -0.1) is 0 Å². The fraction of sp³-hybridized carbons (Fsp3) is 0.667.